The van der Waals surface area contributed by atoms with Crippen molar-refractivity contribution in [2.24, 2.45) is 0 Å². The Labute approximate surface area is 267 Å². The van der Waals surface area contributed by atoms with Crippen LogP contribution in [0.1, 0.15) is 71.3 Å². The maximum Gasteiger partial charge on any atom is 0.337 e. The number of hydrogen-bond acceptors (Lipinski definition) is 6. The topological polar surface area (TPSA) is 138 Å². The standard InChI is InChI=1S/C36H39FN2O7/c1-22(2)39-30(17-16-28(40)19-29(41)20-31(42)43)32(25-12-14-27(37)15-13-25)33(24-9-5-4-6-10-24)34(39)35(44)38-21-23-8-7-11-26(18-23)36(45)46-3/h4-15,18,22,28-29,40-41H,16-17,19-21H2,1-3H3,(H,38,44)(H,42,43). The number of rotatable bonds is 14. The van der Waals surface area contributed by atoms with E-state index in [0.29, 0.717) is 33.5 Å². The number of carboxylic acid groups (broad SMARTS) is 1. The second-order valence-electron chi connectivity index (χ2n) is 11.4. The number of nitrogens with zero attached hydrogens (tertiary/aromatic N) is 1. The molecule has 4 rings (SSSR count). The molecule has 9 nitrogen and oxygen atoms in total. The van der Waals surface area contributed by atoms with Gasteiger partial charge in [0.2, 0.25) is 0 Å². The number of carbonyl (C=O) groups is 3. The van der Waals surface area contributed by atoms with Gasteiger partial charge in [-0.05, 0) is 74.1 Å². The Hall–Kier alpha value is -4.80. The van der Waals surface area contributed by atoms with E-state index in [4.69, 9.17) is 9.84 Å². The molecule has 0 saturated heterocycles. The normalized spacial score (nSPS) is 12.5. The zero-order valence-electron chi connectivity index (χ0n) is 26.1. The number of esters is 1. The lowest BCUT2D eigenvalue weighted by Crippen LogP contribution is -2.27. The lowest BCUT2D eigenvalue weighted by atomic mass is 9.92. The summed E-state index contributed by atoms with van der Waals surface area (Å²) in [7, 11) is 1.30. The molecule has 0 radical (unpaired) electrons. The van der Waals surface area contributed by atoms with Gasteiger partial charge in [0.05, 0.1) is 31.3 Å². The third-order valence-electron chi connectivity index (χ3n) is 7.70. The molecule has 0 bridgehead atoms. The smallest absolute Gasteiger partial charge is 0.337 e. The fourth-order valence-electron chi connectivity index (χ4n) is 5.70. The van der Waals surface area contributed by atoms with E-state index in [1.165, 1.54) is 19.2 Å². The van der Waals surface area contributed by atoms with Crippen LogP contribution in [0.25, 0.3) is 22.3 Å². The second-order valence-corrected chi connectivity index (χ2v) is 11.4. The molecule has 2 unspecified atom stereocenters. The van der Waals surface area contributed by atoms with Gasteiger partial charge in [0, 0.05) is 29.4 Å². The van der Waals surface area contributed by atoms with Gasteiger partial charge in [0.25, 0.3) is 5.91 Å². The van der Waals surface area contributed by atoms with Crippen molar-refractivity contribution in [3.63, 3.8) is 0 Å². The number of hydrogen-bond donors (Lipinski definition) is 4. The van der Waals surface area contributed by atoms with E-state index < -0.39 is 36.4 Å². The summed E-state index contributed by atoms with van der Waals surface area (Å²) < 4.78 is 20.8. The number of aromatic nitrogens is 1. The molecule has 1 heterocycles. The molecule has 1 aromatic heterocycles. The molecule has 2 atom stereocenters. The first-order valence-corrected chi connectivity index (χ1v) is 15.1. The number of nitrogens with one attached hydrogen (secondary N) is 1. The van der Waals surface area contributed by atoms with Crippen molar-refractivity contribution in [2.45, 2.75) is 64.3 Å². The molecule has 0 aliphatic rings. The second kappa shape index (κ2) is 15.5. The van der Waals surface area contributed by atoms with Crippen molar-refractivity contribution in [2.75, 3.05) is 7.11 Å². The van der Waals surface area contributed by atoms with Crippen LogP contribution >= 0.6 is 0 Å². The van der Waals surface area contributed by atoms with Gasteiger partial charge in [-0.1, -0.05) is 54.6 Å². The molecule has 0 aliphatic heterocycles. The first-order valence-electron chi connectivity index (χ1n) is 15.1. The SMILES string of the molecule is COC(=O)c1cccc(CNC(=O)c2c(-c3ccccc3)c(-c3ccc(F)cc3)c(CCC(O)CC(O)CC(=O)O)n2C(C)C)c1. The van der Waals surface area contributed by atoms with Crippen molar-refractivity contribution in [1.82, 2.24) is 9.88 Å². The number of methoxy groups -OCH3 is 1. The van der Waals surface area contributed by atoms with Gasteiger partial charge >= 0.3 is 11.9 Å². The lowest BCUT2D eigenvalue weighted by molar-refractivity contribution is -0.139. The Bertz CT molecular complexity index is 1670. The highest BCUT2D eigenvalue weighted by molar-refractivity contribution is 6.05. The summed E-state index contributed by atoms with van der Waals surface area (Å²) in [6, 6.07) is 22.0. The van der Waals surface area contributed by atoms with E-state index in [2.05, 4.69) is 5.32 Å². The molecule has 0 spiro atoms. The zero-order valence-corrected chi connectivity index (χ0v) is 26.1. The van der Waals surface area contributed by atoms with E-state index in [-0.39, 0.29) is 37.8 Å². The number of halogens is 1. The highest BCUT2D eigenvalue weighted by atomic mass is 19.1. The van der Waals surface area contributed by atoms with Crippen molar-refractivity contribution >= 4 is 17.8 Å². The highest BCUT2D eigenvalue weighted by Crippen LogP contribution is 2.42. The number of carboxylic acids is 1. The third kappa shape index (κ3) is 8.26. The highest BCUT2D eigenvalue weighted by Gasteiger charge is 2.30. The van der Waals surface area contributed by atoms with Crippen molar-refractivity contribution in [1.29, 1.82) is 0 Å². The van der Waals surface area contributed by atoms with Gasteiger partial charge in [-0.25, -0.2) is 9.18 Å². The fraction of sp³-hybridized carbons (Fsp3) is 0.306. The van der Waals surface area contributed by atoms with Crippen LogP contribution in [-0.4, -0.2) is 57.1 Å². The van der Waals surface area contributed by atoms with Gasteiger partial charge in [-0.15, -0.1) is 0 Å². The van der Waals surface area contributed by atoms with E-state index in [1.807, 2.05) is 48.7 Å². The van der Waals surface area contributed by atoms with E-state index in [1.54, 1.807) is 36.4 Å². The quantitative estimate of drug-likeness (QED) is 0.130. The number of aliphatic carboxylic acids is 1. The van der Waals surface area contributed by atoms with Crippen molar-refractivity contribution in [3.05, 3.63) is 107 Å². The molecule has 4 aromatic rings. The maximum atomic E-state index is 14.2. The van der Waals surface area contributed by atoms with Gasteiger partial charge in [-0.2, -0.15) is 0 Å². The maximum absolute atomic E-state index is 14.2. The molecule has 46 heavy (non-hydrogen) atoms. The number of ether oxygens (including phenoxy) is 1. The number of carbonyl (C=O) groups excluding carboxylic acids is 2. The number of aliphatic hydroxyl groups is 2. The summed E-state index contributed by atoms with van der Waals surface area (Å²) in [5.74, 6) is -2.43. The summed E-state index contributed by atoms with van der Waals surface area (Å²) in [5.41, 5.74) is 4.94. The Morgan fingerprint density at radius 3 is 2.20 bits per heavy atom. The molecule has 0 aliphatic carbocycles. The molecular weight excluding hydrogens is 591 g/mol. The lowest BCUT2D eigenvalue weighted by Gasteiger charge is -2.20. The molecule has 10 heteroatoms. The molecule has 0 saturated carbocycles. The van der Waals surface area contributed by atoms with Crippen molar-refractivity contribution in [3.8, 4) is 22.3 Å². The molecular formula is C36H39FN2O7. The minimum absolute atomic E-state index is 0.121. The van der Waals surface area contributed by atoms with E-state index in [0.717, 1.165) is 11.3 Å². The van der Waals surface area contributed by atoms with Crippen LogP contribution in [0.5, 0.6) is 0 Å². The van der Waals surface area contributed by atoms with Crippen LogP contribution in [0.3, 0.4) is 0 Å². The van der Waals surface area contributed by atoms with Gasteiger partial charge < -0.3 is 29.9 Å². The predicted molar refractivity (Wildman–Crippen MR) is 172 cm³/mol. The van der Waals surface area contributed by atoms with Crippen LogP contribution in [0.15, 0.2) is 78.9 Å². The minimum Gasteiger partial charge on any atom is -0.481 e. The first kappa shape index (κ1) is 34.1. The average Bonchev–Trinajstić information content (AvgIpc) is 3.38. The third-order valence-corrected chi connectivity index (χ3v) is 7.70. The Morgan fingerprint density at radius 2 is 1.57 bits per heavy atom. The predicted octanol–water partition coefficient (Wildman–Crippen LogP) is 5.78. The van der Waals surface area contributed by atoms with E-state index in [9.17, 15) is 29.0 Å². The molecule has 3 aromatic carbocycles. The molecule has 4 N–H and O–H groups in total. The van der Waals surface area contributed by atoms with Crippen LogP contribution in [0.4, 0.5) is 4.39 Å². The molecule has 1 amide bonds. The van der Waals surface area contributed by atoms with Crippen LogP contribution in [0.2, 0.25) is 0 Å². The summed E-state index contributed by atoms with van der Waals surface area (Å²) in [5, 5.41) is 32.9. The van der Waals surface area contributed by atoms with Crippen molar-refractivity contribution < 1.29 is 38.8 Å². The monoisotopic (exact) mass is 630 g/mol. The Kier molecular flexibility index (Phi) is 11.5. The summed E-state index contributed by atoms with van der Waals surface area (Å²) >= 11 is 0. The number of aliphatic hydroxyl groups excluding tert-OH is 2. The average molecular weight is 631 g/mol. The largest absolute Gasteiger partial charge is 0.481 e. The van der Waals surface area contributed by atoms with Crippen LogP contribution in [-0.2, 0) is 22.5 Å². The summed E-state index contributed by atoms with van der Waals surface area (Å²) in [6.45, 7) is 4.01. The van der Waals surface area contributed by atoms with Gasteiger partial charge in [-0.3, -0.25) is 9.59 Å². The number of benzene rings is 3. The van der Waals surface area contributed by atoms with E-state index >= 15 is 0 Å². The van der Waals surface area contributed by atoms with Crippen LogP contribution in [0, 0.1) is 5.82 Å². The number of amides is 1. The van der Waals surface area contributed by atoms with Gasteiger partial charge in [0.1, 0.15) is 11.5 Å². The van der Waals surface area contributed by atoms with Gasteiger partial charge in [0.15, 0.2) is 0 Å². The Balaban J connectivity index is 1.83. The Morgan fingerprint density at radius 1 is 0.891 bits per heavy atom. The molecule has 242 valence electrons. The minimum atomic E-state index is -1.21. The summed E-state index contributed by atoms with van der Waals surface area (Å²) in [4.78, 5) is 37.3. The molecule has 0 fully saturated rings. The van der Waals surface area contributed by atoms with Crippen LogP contribution < -0.4 is 5.32 Å². The fourth-order valence-corrected chi connectivity index (χ4v) is 5.70. The zero-order chi connectivity index (χ0) is 33.4. The summed E-state index contributed by atoms with van der Waals surface area (Å²) in [6.07, 6.45) is -2.36. The first-order chi connectivity index (χ1) is 22.0.